The molecule has 1 aliphatic heterocycles. The van der Waals surface area contributed by atoms with Gasteiger partial charge >= 0.3 is 6.09 Å². The number of ether oxygens (including phenoxy) is 2. The highest BCUT2D eigenvalue weighted by atomic mass is 32.2. The summed E-state index contributed by atoms with van der Waals surface area (Å²) >= 11 is 0. The molecule has 8 heteroatoms. The van der Waals surface area contributed by atoms with E-state index in [1.54, 1.807) is 12.1 Å². The Bertz CT molecular complexity index is 879. The summed E-state index contributed by atoms with van der Waals surface area (Å²) in [5.41, 5.74) is 1.81. The molecule has 1 atom stereocenters. The first kappa shape index (κ1) is 18.2. The van der Waals surface area contributed by atoms with Crippen LogP contribution in [0, 0.1) is 6.92 Å². The van der Waals surface area contributed by atoms with Crippen LogP contribution in [-0.4, -0.2) is 40.8 Å². The van der Waals surface area contributed by atoms with Crippen molar-refractivity contribution in [3.05, 3.63) is 54.1 Å². The van der Waals surface area contributed by atoms with Crippen molar-refractivity contribution in [2.75, 3.05) is 25.1 Å². The number of aryl methyl sites for hydroxylation is 1. The van der Waals surface area contributed by atoms with Crippen molar-refractivity contribution in [2.45, 2.75) is 17.9 Å². The number of nitrogens with zero attached hydrogens (tertiary/aromatic N) is 1. The average Bonchev–Trinajstić information content (AvgIpc) is 3.02. The number of cyclic esters (lactones) is 1. The van der Waals surface area contributed by atoms with Crippen molar-refractivity contribution in [2.24, 2.45) is 0 Å². The minimum absolute atomic E-state index is 0.00244. The van der Waals surface area contributed by atoms with Gasteiger partial charge in [-0.2, -0.15) is 0 Å². The topological polar surface area (TPSA) is 84.9 Å². The number of hydrogen-bond acceptors (Lipinski definition) is 5. The molecule has 26 heavy (non-hydrogen) atoms. The highest BCUT2D eigenvalue weighted by Gasteiger charge is 2.33. The van der Waals surface area contributed by atoms with E-state index in [4.69, 9.17) is 9.47 Å². The second-order valence-electron chi connectivity index (χ2n) is 5.98. The van der Waals surface area contributed by atoms with Crippen molar-refractivity contribution in [3.63, 3.8) is 0 Å². The molecule has 1 fully saturated rings. The zero-order valence-corrected chi connectivity index (χ0v) is 15.3. The van der Waals surface area contributed by atoms with Crippen molar-refractivity contribution in [1.82, 2.24) is 4.72 Å². The molecule has 1 N–H and O–H groups in total. The van der Waals surface area contributed by atoms with Crippen LogP contribution in [0.5, 0.6) is 5.75 Å². The normalized spacial score (nSPS) is 17.2. The molecular formula is C18H20N2O5S. The summed E-state index contributed by atoms with van der Waals surface area (Å²) in [4.78, 5) is 13.7. The zero-order chi connectivity index (χ0) is 18.7. The molecule has 138 valence electrons. The number of anilines is 1. The minimum Gasteiger partial charge on any atom is -0.497 e. The number of methoxy groups -OCH3 is 1. The van der Waals surface area contributed by atoms with Gasteiger partial charge in [0.1, 0.15) is 11.9 Å². The van der Waals surface area contributed by atoms with E-state index in [0.29, 0.717) is 5.75 Å². The van der Waals surface area contributed by atoms with Gasteiger partial charge in [0, 0.05) is 12.2 Å². The number of carbonyl (C=O) groups excluding carboxylic acids is 1. The molecule has 2 aromatic rings. The molecular weight excluding hydrogens is 356 g/mol. The van der Waals surface area contributed by atoms with Gasteiger partial charge in [0.05, 0.1) is 18.6 Å². The van der Waals surface area contributed by atoms with Gasteiger partial charge < -0.3 is 9.47 Å². The predicted molar refractivity (Wildman–Crippen MR) is 97.0 cm³/mol. The molecule has 1 heterocycles. The standard InChI is InChI=1S/C18H20N2O5S/c1-13-3-5-14(6-4-13)20-12-16(25-18(20)21)11-19-26(22,23)17-9-7-15(24-2)8-10-17/h3-10,16,19H,11-12H2,1-2H3. The molecule has 0 aromatic heterocycles. The van der Waals surface area contributed by atoms with Crippen LogP contribution in [0.1, 0.15) is 5.56 Å². The van der Waals surface area contributed by atoms with Gasteiger partial charge in [-0.15, -0.1) is 0 Å². The summed E-state index contributed by atoms with van der Waals surface area (Å²) in [5, 5.41) is 0. The quantitative estimate of drug-likeness (QED) is 0.836. The molecule has 0 aliphatic carbocycles. The number of rotatable bonds is 6. The second kappa shape index (κ2) is 7.35. The summed E-state index contributed by atoms with van der Waals surface area (Å²) in [6.45, 7) is 2.25. The molecule has 0 spiro atoms. The predicted octanol–water partition coefficient (Wildman–Crippen LogP) is 2.31. The van der Waals surface area contributed by atoms with Gasteiger partial charge in [-0.05, 0) is 43.3 Å². The van der Waals surface area contributed by atoms with Crippen LogP contribution >= 0.6 is 0 Å². The first-order valence-electron chi connectivity index (χ1n) is 8.07. The summed E-state index contributed by atoms with van der Waals surface area (Å²) in [5.74, 6) is 0.572. The van der Waals surface area contributed by atoms with E-state index in [-0.39, 0.29) is 18.0 Å². The summed E-state index contributed by atoms with van der Waals surface area (Å²) in [6, 6.07) is 13.5. The summed E-state index contributed by atoms with van der Waals surface area (Å²) in [6.07, 6.45) is -1.04. The van der Waals surface area contributed by atoms with Crippen molar-refractivity contribution < 1.29 is 22.7 Å². The highest BCUT2D eigenvalue weighted by molar-refractivity contribution is 7.89. The SMILES string of the molecule is COc1ccc(S(=O)(=O)NCC2CN(c3ccc(C)cc3)C(=O)O2)cc1. The van der Waals surface area contributed by atoms with Crippen molar-refractivity contribution >= 4 is 21.8 Å². The monoisotopic (exact) mass is 376 g/mol. The largest absolute Gasteiger partial charge is 0.497 e. The van der Waals surface area contributed by atoms with Gasteiger partial charge in [0.2, 0.25) is 10.0 Å². The number of carbonyl (C=O) groups is 1. The number of hydrogen-bond donors (Lipinski definition) is 1. The third-order valence-corrected chi connectivity index (χ3v) is 5.53. The fraction of sp³-hybridized carbons (Fsp3) is 0.278. The summed E-state index contributed by atoms with van der Waals surface area (Å²) in [7, 11) is -2.18. The number of nitrogens with one attached hydrogen (secondary N) is 1. The van der Waals surface area contributed by atoms with Crippen molar-refractivity contribution in [3.8, 4) is 5.75 Å². The number of sulfonamides is 1. The van der Waals surface area contributed by atoms with E-state index in [2.05, 4.69) is 4.72 Å². The van der Waals surface area contributed by atoms with E-state index in [1.165, 1.54) is 24.1 Å². The van der Waals surface area contributed by atoms with Gasteiger partial charge in [-0.3, -0.25) is 4.90 Å². The Balaban J connectivity index is 1.62. The van der Waals surface area contributed by atoms with E-state index in [1.807, 2.05) is 31.2 Å². The Morgan fingerprint density at radius 3 is 2.42 bits per heavy atom. The fourth-order valence-corrected chi connectivity index (χ4v) is 3.67. The third kappa shape index (κ3) is 3.97. The number of benzene rings is 2. The second-order valence-corrected chi connectivity index (χ2v) is 7.75. The van der Waals surface area contributed by atoms with E-state index >= 15 is 0 Å². The lowest BCUT2D eigenvalue weighted by Gasteiger charge is -2.13. The first-order chi connectivity index (χ1) is 12.4. The van der Waals surface area contributed by atoms with Crippen LogP contribution < -0.4 is 14.4 Å². The average molecular weight is 376 g/mol. The van der Waals surface area contributed by atoms with Crippen LogP contribution in [0.2, 0.25) is 0 Å². The molecule has 1 amide bonds. The van der Waals surface area contributed by atoms with Gasteiger partial charge in [0.15, 0.2) is 0 Å². The minimum atomic E-state index is -3.69. The lowest BCUT2D eigenvalue weighted by atomic mass is 10.2. The van der Waals surface area contributed by atoms with Crippen LogP contribution in [-0.2, 0) is 14.8 Å². The molecule has 1 saturated heterocycles. The maximum absolute atomic E-state index is 12.4. The Morgan fingerprint density at radius 2 is 1.81 bits per heavy atom. The van der Waals surface area contributed by atoms with E-state index in [0.717, 1.165) is 11.3 Å². The van der Waals surface area contributed by atoms with Gasteiger partial charge in [-0.1, -0.05) is 17.7 Å². The molecule has 0 saturated carbocycles. The molecule has 7 nitrogen and oxygen atoms in total. The van der Waals surface area contributed by atoms with Crippen LogP contribution in [0.25, 0.3) is 0 Å². The third-order valence-electron chi connectivity index (χ3n) is 4.09. The lowest BCUT2D eigenvalue weighted by molar-refractivity contribution is 0.143. The van der Waals surface area contributed by atoms with Crippen LogP contribution in [0.4, 0.5) is 10.5 Å². The van der Waals surface area contributed by atoms with Gasteiger partial charge in [-0.25, -0.2) is 17.9 Å². The molecule has 1 unspecified atom stereocenters. The maximum atomic E-state index is 12.4. The Labute approximate surface area is 152 Å². The van der Waals surface area contributed by atoms with Crippen molar-refractivity contribution in [1.29, 1.82) is 0 Å². The highest BCUT2D eigenvalue weighted by Crippen LogP contribution is 2.22. The molecule has 0 bridgehead atoms. The summed E-state index contributed by atoms with van der Waals surface area (Å²) < 4.78 is 37.5. The zero-order valence-electron chi connectivity index (χ0n) is 14.5. The smallest absolute Gasteiger partial charge is 0.414 e. The van der Waals surface area contributed by atoms with Gasteiger partial charge in [0.25, 0.3) is 0 Å². The van der Waals surface area contributed by atoms with E-state index < -0.39 is 22.2 Å². The lowest BCUT2D eigenvalue weighted by Crippen LogP contribution is -2.34. The van der Waals surface area contributed by atoms with Crippen LogP contribution in [0.3, 0.4) is 0 Å². The Hall–Kier alpha value is -2.58. The molecule has 0 radical (unpaired) electrons. The molecule has 1 aliphatic rings. The maximum Gasteiger partial charge on any atom is 0.414 e. The Kier molecular flexibility index (Phi) is 5.15. The number of amides is 1. The van der Waals surface area contributed by atoms with E-state index in [9.17, 15) is 13.2 Å². The first-order valence-corrected chi connectivity index (χ1v) is 9.56. The Morgan fingerprint density at radius 1 is 1.15 bits per heavy atom. The molecule has 3 rings (SSSR count). The van der Waals surface area contributed by atoms with Crippen LogP contribution in [0.15, 0.2) is 53.4 Å². The molecule has 2 aromatic carbocycles. The fourth-order valence-electron chi connectivity index (χ4n) is 2.60.